The molecule has 0 bridgehead atoms. The predicted octanol–water partition coefficient (Wildman–Crippen LogP) is 2.64. The number of nitriles is 1. The van der Waals surface area contributed by atoms with Gasteiger partial charge in [-0.15, -0.1) is 0 Å². The molecule has 0 heterocycles. The van der Waals surface area contributed by atoms with E-state index in [4.69, 9.17) is 16.9 Å². The van der Waals surface area contributed by atoms with Gasteiger partial charge in [0.2, 0.25) is 0 Å². The van der Waals surface area contributed by atoms with Gasteiger partial charge in [-0.25, -0.2) is 0 Å². The summed E-state index contributed by atoms with van der Waals surface area (Å²) in [6.45, 7) is 0.622. The van der Waals surface area contributed by atoms with Crippen LogP contribution in [0, 0.1) is 10.7 Å². The molecule has 84 valence electrons. The highest BCUT2D eigenvalue weighted by Crippen LogP contribution is 2.18. The highest BCUT2D eigenvalue weighted by molar-refractivity contribution is 8.04. The quantitative estimate of drug-likeness (QED) is 0.579. The first-order valence-corrected chi connectivity index (χ1v) is 5.86. The van der Waals surface area contributed by atoms with E-state index < -0.39 is 0 Å². The Labute approximate surface area is 103 Å². The minimum absolute atomic E-state index is 0.0614. The Kier molecular flexibility index (Phi) is 5.76. The number of halogens is 1. The number of thioether (sulfide) groups is 1. The van der Waals surface area contributed by atoms with Crippen LogP contribution in [0.15, 0.2) is 24.3 Å². The van der Waals surface area contributed by atoms with Crippen molar-refractivity contribution in [2.24, 2.45) is 0 Å². The summed E-state index contributed by atoms with van der Waals surface area (Å²) < 4.78 is 4.67. The van der Waals surface area contributed by atoms with Gasteiger partial charge in [-0.2, -0.15) is 5.26 Å². The number of nitrogens with zero attached hydrogens (tertiary/aromatic N) is 1. The number of ether oxygens (including phenoxy) is 1. The van der Waals surface area contributed by atoms with Gasteiger partial charge >= 0.3 is 0 Å². The smallest absolute Gasteiger partial charge is 0.293 e. The topological polar surface area (TPSA) is 50.1 Å². The third-order valence-electron chi connectivity index (χ3n) is 1.92. The highest BCUT2D eigenvalue weighted by atomic mass is 35.5. The molecule has 1 aromatic carbocycles. The van der Waals surface area contributed by atoms with Crippen LogP contribution in [0.4, 0.5) is 0 Å². The number of thiocyanates is 1. The number of hydrogen-bond acceptors (Lipinski definition) is 4. The van der Waals surface area contributed by atoms with Crippen LogP contribution in [-0.2, 0) is 16.0 Å². The summed E-state index contributed by atoms with van der Waals surface area (Å²) >= 11 is 6.95. The molecule has 0 spiro atoms. The van der Waals surface area contributed by atoms with Gasteiger partial charge in [-0.3, -0.25) is 4.79 Å². The fraction of sp³-hybridized carbons (Fsp3) is 0.273. The molecule has 0 aliphatic rings. The van der Waals surface area contributed by atoms with E-state index in [0.717, 1.165) is 17.3 Å². The first kappa shape index (κ1) is 12.9. The van der Waals surface area contributed by atoms with E-state index in [0.29, 0.717) is 17.9 Å². The summed E-state index contributed by atoms with van der Waals surface area (Å²) in [4.78, 5) is 10.1. The molecule has 0 aliphatic heterocycles. The van der Waals surface area contributed by atoms with E-state index in [1.54, 1.807) is 6.07 Å². The van der Waals surface area contributed by atoms with Crippen molar-refractivity contribution in [3.8, 4) is 5.40 Å². The Balaban J connectivity index is 2.60. The molecular weight excluding hydrogens is 246 g/mol. The lowest BCUT2D eigenvalue weighted by Gasteiger charge is -2.11. The van der Waals surface area contributed by atoms with Gasteiger partial charge < -0.3 is 4.74 Å². The number of carbonyl (C=O) groups is 1. The summed E-state index contributed by atoms with van der Waals surface area (Å²) in [5.74, 6) is 0. The SMILES string of the molecule is N#CSC(COC=O)Cc1cccc(Cl)c1. The first-order valence-electron chi connectivity index (χ1n) is 4.60. The van der Waals surface area contributed by atoms with Crippen molar-refractivity contribution in [3.63, 3.8) is 0 Å². The van der Waals surface area contributed by atoms with Crippen LogP contribution in [0.2, 0.25) is 5.02 Å². The van der Waals surface area contributed by atoms with Gasteiger partial charge in [0.1, 0.15) is 12.0 Å². The van der Waals surface area contributed by atoms with Gasteiger partial charge in [-0.1, -0.05) is 23.7 Å². The van der Waals surface area contributed by atoms with Crippen LogP contribution in [0.1, 0.15) is 5.56 Å². The molecule has 16 heavy (non-hydrogen) atoms. The molecule has 0 saturated heterocycles. The standard InChI is InChI=1S/C11H10ClNO2S/c12-10-3-1-2-9(4-10)5-11(16-7-13)6-15-8-14/h1-4,8,11H,5-6H2. The highest BCUT2D eigenvalue weighted by Gasteiger charge is 2.11. The zero-order valence-corrected chi connectivity index (χ0v) is 10.0. The molecule has 5 heteroatoms. The predicted molar refractivity (Wildman–Crippen MR) is 64.2 cm³/mol. The lowest BCUT2D eigenvalue weighted by molar-refractivity contribution is -0.128. The van der Waals surface area contributed by atoms with Gasteiger partial charge in [0.05, 0.1) is 5.25 Å². The average Bonchev–Trinajstić information content (AvgIpc) is 2.26. The van der Waals surface area contributed by atoms with Crippen molar-refractivity contribution in [2.45, 2.75) is 11.7 Å². The Morgan fingerprint density at radius 1 is 1.62 bits per heavy atom. The largest absolute Gasteiger partial charge is 0.467 e. The Bertz CT molecular complexity index is 392. The molecule has 1 rings (SSSR count). The number of carbonyl (C=O) groups excluding carboxylic acids is 1. The fourth-order valence-electron chi connectivity index (χ4n) is 1.28. The molecule has 0 saturated carbocycles. The van der Waals surface area contributed by atoms with E-state index in [2.05, 4.69) is 4.74 Å². The maximum absolute atomic E-state index is 10.1. The van der Waals surface area contributed by atoms with Crippen LogP contribution < -0.4 is 0 Å². The second kappa shape index (κ2) is 7.15. The van der Waals surface area contributed by atoms with Crippen molar-refractivity contribution in [1.82, 2.24) is 0 Å². The van der Waals surface area contributed by atoms with E-state index in [1.807, 2.05) is 23.6 Å². The maximum Gasteiger partial charge on any atom is 0.293 e. The van der Waals surface area contributed by atoms with Gasteiger partial charge in [-0.05, 0) is 35.9 Å². The maximum atomic E-state index is 10.1. The molecule has 0 radical (unpaired) electrons. The molecular formula is C11H10ClNO2S. The lowest BCUT2D eigenvalue weighted by atomic mass is 10.1. The Hall–Kier alpha value is -1.18. The summed E-state index contributed by atoms with van der Waals surface area (Å²) in [5.41, 5.74) is 1.02. The third kappa shape index (κ3) is 4.56. The first-order chi connectivity index (χ1) is 7.76. The summed E-state index contributed by atoms with van der Waals surface area (Å²) in [6.07, 6.45) is 0.645. The summed E-state index contributed by atoms with van der Waals surface area (Å²) in [6, 6.07) is 7.41. The third-order valence-corrected chi connectivity index (χ3v) is 2.90. The molecule has 0 N–H and O–H groups in total. The molecule has 1 unspecified atom stereocenters. The number of benzene rings is 1. The van der Waals surface area contributed by atoms with E-state index in [-0.39, 0.29) is 11.9 Å². The van der Waals surface area contributed by atoms with Crippen molar-refractivity contribution in [3.05, 3.63) is 34.9 Å². The normalized spacial score (nSPS) is 11.5. The van der Waals surface area contributed by atoms with Crippen molar-refractivity contribution in [1.29, 1.82) is 5.26 Å². The van der Waals surface area contributed by atoms with Gasteiger partial charge in [0.25, 0.3) is 6.47 Å². The number of hydrogen-bond donors (Lipinski definition) is 0. The summed E-state index contributed by atoms with van der Waals surface area (Å²) in [5, 5.41) is 11.2. The van der Waals surface area contributed by atoms with Crippen molar-refractivity contribution in [2.75, 3.05) is 6.61 Å². The van der Waals surface area contributed by atoms with Crippen LogP contribution in [0.5, 0.6) is 0 Å². The van der Waals surface area contributed by atoms with Gasteiger partial charge in [0, 0.05) is 5.02 Å². The Morgan fingerprint density at radius 3 is 3.06 bits per heavy atom. The Morgan fingerprint density at radius 2 is 2.44 bits per heavy atom. The molecule has 0 fully saturated rings. The monoisotopic (exact) mass is 255 g/mol. The zero-order valence-electron chi connectivity index (χ0n) is 8.43. The van der Waals surface area contributed by atoms with Crippen LogP contribution in [-0.4, -0.2) is 18.3 Å². The van der Waals surface area contributed by atoms with Crippen molar-refractivity contribution < 1.29 is 9.53 Å². The van der Waals surface area contributed by atoms with E-state index >= 15 is 0 Å². The van der Waals surface area contributed by atoms with Gasteiger partial charge in [0.15, 0.2) is 0 Å². The number of rotatable bonds is 6. The minimum atomic E-state index is -0.0614. The molecule has 1 aromatic rings. The minimum Gasteiger partial charge on any atom is -0.467 e. The molecule has 1 atom stereocenters. The van der Waals surface area contributed by atoms with Crippen LogP contribution in [0.25, 0.3) is 0 Å². The fourth-order valence-corrected chi connectivity index (χ4v) is 2.07. The molecule has 0 amide bonds. The summed E-state index contributed by atoms with van der Waals surface area (Å²) in [7, 11) is 0. The van der Waals surface area contributed by atoms with Crippen LogP contribution >= 0.6 is 23.4 Å². The molecule has 0 aromatic heterocycles. The van der Waals surface area contributed by atoms with Crippen molar-refractivity contribution >= 4 is 29.8 Å². The lowest BCUT2D eigenvalue weighted by Crippen LogP contribution is -2.14. The molecule has 0 aliphatic carbocycles. The zero-order chi connectivity index (χ0) is 11.8. The van der Waals surface area contributed by atoms with E-state index in [9.17, 15) is 4.79 Å². The second-order valence-corrected chi connectivity index (χ2v) is 4.62. The van der Waals surface area contributed by atoms with E-state index in [1.165, 1.54) is 0 Å². The second-order valence-electron chi connectivity index (χ2n) is 3.09. The van der Waals surface area contributed by atoms with Crippen LogP contribution in [0.3, 0.4) is 0 Å². The average molecular weight is 256 g/mol. The molecule has 3 nitrogen and oxygen atoms in total.